The zero-order valence-electron chi connectivity index (χ0n) is 15.7. The summed E-state index contributed by atoms with van der Waals surface area (Å²) in [5.74, 6) is 1.38. The number of para-hydroxylation sites is 1. The Bertz CT molecular complexity index is 1020. The number of rotatable bonds is 7. The third-order valence-corrected chi connectivity index (χ3v) is 4.64. The number of benzene rings is 1. The predicted octanol–water partition coefficient (Wildman–Crippen LogP) is 2.36. The second-order valence-electron chi connectivity index (χ2n) is 6.37. The first-order chi connectivity index (χ1) is 13.0. The van der Waals surface area contributed by atoms with Crippen LogP contribution < -0.4 is 15.6 Å². The normalized spacial score (nSPS) is 10.9. The first-order valence-electron chi connectivity index (χ1n) is 8.85. The molecule has 0 radical (unpaired) electrons. The number of aromatic nitrogens is 2. The van der Waals surface area contributed by atoms with Crippen LogP contribution in [0.25, 0.3) is 11.1 Å². The summed E-state index contributed by atoms with van der Waals surface area (Å²) < 4.78 is 12.2. The molecule has 1 amide bonds. The van der Waals surface area contributed by atoms with Gasteiger partial charge in [-0.3, -0.25) is 14.2 Å². The van der Waals surface area contributed by atoms with Gasteiger partial charge in [0.1, 0.15) is 23.2 Å². The van der Waals surface area contributed by atoms with Crippen LogP contribution in [0.1, 0.15) is 23.3 Å². The Balaban J connectivity index is 1.56. The zero-order valence-corrected chi connectivity index (χ0v) is 15.7. The summed E-state index contributed by atoms with van der Waals surface area (Å²) in [7, 11) is 1.63. The smallest absolute Gasteiger partial charge is 0.264 e. The van der Waals surface area contributed by atoms with Crippen molar-refractivity contribution in [2.75, 3.05) is 13.7 Å². The first kappa shape index (κ1) is 18.7. The van der Waals surface area contributed by atoms with E-state index in [-0.39, 0.29) is 24.4 Å². The van der Waals surface area contributed by atoms with Crippen molar-refractivity contribution in [3.63, 3.8) is 0 Å². The fourth-order valence-corrected chi connectivity index (χ4v) is 2.99. The molecule has 0 unspecified atom stereocenters. The van der Waals surface area contributed by atoms with Gasteiger partial charge in [-0.2, -0.15) is 0 Å². The van der Waals surface area contributed by atoms with E-state index in [4.69, 9.17) is 9.15 Å². The first-order valence-corrected chi connectivity index (χ1v) is 8.85. The topological polar surface area (TPSA) is 86.4 Å². The molecule has 0 aliphatic heterocycles. The molecule has 0 aliphatic rings. The highest BCUT2D eigenvalue weighted by atomic mass is 16.5. The summed E-state index contributed by atoms with van der Waals surface area (Å²) in [4.78, 5) is 28.8. The standard InChI is InChI=1S/C20H23N3O4/c1-13-14(2)27-19-18(13)20(25)23(12-22-19)11-9-17(24)21-10-8-15-6-4-5-7-16(15)26-3/h4-7,12H,8-11H2,1-3H3,(H,21,24). The minimum absolute atomic E-state index is 0.114. The van der Waals surface area contributed by atoms with E-state index in [0.29, 0.717) is 29.8 Å². The van der Waals surface area contributed by atoms with Crippen LogP contribution in [-0.4, -0.2) is 29.1 Å². The van der Waals surface area contributed by atoms with E-state index < -0.39 is 0 Å². The van der Waals surface area contributed by atoms with Crippen LogP contribution in [0.4, 0.5) is 0 Å². The minimum atomic E-state index is -0.184. The quantitative estimate of drug-likeness (QED) is 0.691. The van der Waals surface area contributed by atoms with Crippen molar-refractivity contribution in [3.05, 3.63) is 57.8 Å². The van der Waals surface area contributed by atoms with E-state index in [9.17, 15) is 9.59 Å². The van der Waals surface area contributed by atoms with Crippen molar-refractivity contribution in [1.82, 2.24) is 14.9 Å². The van der Waals surface area contributed by atoms with E-state index in [2.05, 4.69) is 10.3 Å². The van der Waals surface area contributed by atoms with Crippen LogP contribution in [0.3, 0.4) is 0 Å². The molecule has 0 saturated heterocycles. The van der Waals surface area contributed by atoms with Gasteiger partial charge in [-0.1, -0.05) is 18.2 Å². The highest BCUT2D eigenvalue weighted by Crippen LogP contribution is 2.19. The molecule has 0 fully saturated rings. The molecule has 0 spiro atoms. The van der Waals surface area contributed by atoms with Gasteiger partial charge in [0.05, 0.1) is 7.11 Å². The lowest BCUT2D eigenvalue weighted by Gasteiger charge is -2.09. The Labute approximate surface area is 157 Å². The van der Waals surface area contributed by atoms with Crippen LogP contribution in [0, 0.1) is 13.8 Å². The lowest BCUT2D eigenvalue weighted by Crippen LogP contribution is -2.29. The SMILES string of the molecule is COc1ccccc1CCNC(=O)CCn1cnc2oc(C)c(C)c2c1=O. The third-order valence-electron chi connectivity index (χ3n) is 4.64. The molecule has 1 N–H and O–H groups in total. The van der Waals surface area contributed by atoms with Gasteiger partial charge in [0.15, 0.2) is 0 Å². The second kappa shape index (κ2) is 8.07. The second-order valence-corrected chi connectivity index (χ2v) is 6.37. The lowest BCUT2D eigenvalue weighted by molar-refractivity contribution is -0.121. The number of ether oxygens (including phenoxy) is 1. The van der Waals surface area contributed by atoms with Gasteiger partial charge in [0.2, 0.25) is 11.6 Å². The minimum Gasteiger partial charge on any atom is -0.496 e. The van der Waals surface area contributed by atoms with Crippen LogP contribution in [0.5, 0.6) is 5.75 Å². The van der Waals surface area contributed by atoms with E-state index in [1.54, 1.807) is 14.0 Å². The molecule has 3 aromatic rings. The molecule has 0 aliphatic carbocycles. The summed E-state index contributed by atoms with van der Waals surface area (Å²) in [6.07, 6.45) is 2.31. The molecule has 0 bridgehead atoms. The summed E-state index contributed by atoms with van der Waals surface area (Å²) in [6, 6.07) is 7.72. The van der Waals surface area contributed by atoms with E-state index in [1.807, 2.05) is 31.2 Å². The Morgan fingerprint density at radius 3 is 2.85 bits per heavy atom. The average molecular weight is 369 g/mol. The van der Waals surface area contributed by atoms with Gasteiger partial charge < -0.3 is 14.5 Å². The molecule has 7 heteroatoms. The number of hydrogen-bond donors (Lipinski definition) is 1. The van der Waals surface area contributed by atoms with Crippen LogP contribution in [0.15, 0.2) is 39.8 Å². The van der Waals surface area contributed by atoms with Gasteiger partial charge in [-0.05, 0) is 31.9 Å². The molecule has 0 saturated carbocycles. The number of fused-ring (bicyclic) bond motifs is 1. The number of aryl methyl sites for hydroxylation is 3. The Kier molecular flexibility index (Phi) is 5.59. The number of nitrogens with zero attached hydrogens (tertiary/aromatic N) is 2. The number of methoxy groups -OCH3 is 1. The molecule has 7 nitrogen and oxygen atoms in total. The lowest BCUT2D eigenvalue weighted by atomic mass is 10.1. The third kappa shape index (κ3) is 4.02. The van der Waals surface area contributed by atoms with Gasteiger partial charge in [0, 0.05) is 25.1 Å². The molecule has 3 rings (SSSR count). The predicted molar refractivity (Wildman–Crippen MR) is 102 cm³/mol. The molecule has 0 atom stereocenters. The molecule has 27 heavy (non-hydrogen) atoms. The Morgan fingerprint density at radius 2 is 2.07 bits per heavy atom. The molecule has 142 valence electrons. The molecular weight excluding hydrogens is 346 g/mol. The number of nitrogens with one attached hydrogen (secondary N) is 1. The molecular formula is C20H23N3O4. The van der Waals surface area contributed by atoms with Crippen molar-refractivity contribution in [2.45, 2.75) is 33.2 Å². The van der Waals surface area contributed by atoms with E-state index in [0.717, 1.165) is 16.9 Å². The molecule has 2 heterocycles. The maximum absolute atomic E-state index is 12.6. The summed E-state index contributed by atoms with van der Waals surface area (Å²) in [5, 5.41) is 3.35. The van der Waals surface area contributed by atoms with Crippen molar-refractivity contribution in [1.29, 1.82) is 0 Å². The number of furan rings is 1. The van der Waals surface area contributed by atoms with E-state index >= 15 is 0 Å². The number of hydrogen-bond acceptors (Lipinski definition) is 5. The largest absolute Gasteiger partial charge is 0.496 e. The monoisotopic (exact) mass is 369 g/mol. The molecule has 2 aromatic heterocycles. The van der Waals surface area contributed by atoms with Crippen LogP contribution >= 0.6 is 0 Å². The Morgan fingerprint density at radius 1 is 1.30 bits per heavy atom. The highest BCUT2D eigenvalue weighted by molar-refractivity contribution is 5.77. The number of carbonyl (C=O) groups is 1. The number of carbonyl (C=O) groups excluding carboxylic acids is 1. The van der Waals surface area contributed by atoms with Gasteiger partial charge in [0.25, 0.3) is 5.56 Å². The Hall–Kier alpha value is -3.09. The van der Waals surface area contributed by atoms with Crippen LogP contribution in [-0.2, 0) is 17.8 Å². The summed E-state index contributed by atoms with van der Waals surface area (Å²) >= 11 is 0. The maximum atomic E-state index is 12.6. The van der Waals surface area contributed by atoms with Crippen molar-refractivity contribution < 1.29 is 13.9 Å². The van der Waals surface area contributed by atoms with Crippen molar-refractivity contribution in [3.8, 4) is 5.75 Å². The van der Waals surface area contributed by atoms with Gasteiger partial charge >= 0.3 is 0 Å². The van der Waals surface area contributed by atoms with Crippen molar-refractivity contribution >= 4 is 17.0 Å². The van der Waals surface area contributed by atoms with Crippen molar-refractivity contribution in [2.24, 2.45) is 0 Å². The zero-order chi connectivity index (χ0) is 19.4. The van der Waals surface area contributed by atoms with Gasteiger partial charge in [-0.15, -0.1) is 0 Å². The highest BCUT2D eigenvalue weighted by Gasteiger charge is 2.14. The average Bonchev–Trinajstić information content (AvgIpc) is 2.96. The fourth-order valence-electron chi connectivity index (χ4n) is 2.99. The number of amides is 1. The van der Waals surface area contributed by atoms with Gasteiger partial charge in [-0.25, -0.2) is 4.98 Å². The molecule has 1 aromatic carbocycles. The van der Waals surface area contributed by atoms with Crippen LogP contribution in [0.2, 0.25) is 0 Å². The van der Waals surface area contributed by atoms with E-state index in [1.165, 1.54) is 10.9 Å². The fraction of sp³-hybridized carbons (Fsp3) is 0.350. The summed E-state index contributed by atoms with van der Waals surface area (Å²) in [5.41, 5.74) is 1.98. The summed E-state index contributed by atoms with van der Waals surface area (Å²) in [6.45, 7) is 4.41. The maximum Gasteiger partial charge on any atom is 0.264 e.